The van der Waals surface area contributed by atoms with Crippen LogP contribution in [0.1, 0.15) is 31.4 Å². The number of methoxy groups -OCH3 is 1. The minimum Gasteiger partial charge on any atom is -0.493 e. The molecule has 1 fully saturated rings. The first-order chi connectivity index (χ1) is 16.9. The fraction of sp³-hybridized carbons (Fsp3) is 0.440. The summed E-state index contributed by atoms with van der Waals surface area (Å²) >= 11 is 0. The molecule has 2 aromatic carbocycles. The lowest BCUT2D eigenvalue weighted by Gasteiger charge is -2.27. The van der Waals surface area contributed by atoms with E-state index >= 15 is 0 Å². The van der Waals surface area contributed by atoms with Gasteiger partial charge in [0, 0.05) is 6.04 Å². The first-order valence-electron chi connectivity index (χ1n) is 11.6. The van der Waals surface area contributed by atoms with Crippen molar-refractivity contribution >= 4 is 10.9 Å². The zero-order chi connectivity index (χ0) is 24.9. The van der Waals surface area contributed by atoms with Crippen molar-refractivity contribution in [2.45, 2.75) is 38.8 Å². The fourth-order valence-corrected chi connectivity index (χ4v) is 4.44. The van der Waals surface area contributed by atoms with Gasteiger partial charge in [-0.2, -0.15) is 0 Å². The summed E-state index contributed by atoms with van der Waals surface area (Å²) in [7, 11) is 1.54. The second-order valence-electron chi connectivity index (χ2n) is 8.32. The second-order valence-corrected chi connectivity index (χ2v) is 8.32. The molecular weight excluding hydrogens is 460 g/mol. The molecule has 8 nitrogen and oxygen atoms in total. The lowest BCUT2D eigenvalue weighted by Crippen LogP contribution is -2.43. The fourth-order valence-electron chi connectivity index (χ4n) is 4.44. The van der Waals surface area contributed by atoms with Gasteiger partial charge in [0.1, 0.15) is 12.4 Å². The molecule has 1 aliphatic rings. The quantitative estimate of drug-likeness (QED) is 0.497. The van der Waals surface area contributed by atoms with Gasteiger partial charge in [-0.05, 0) is 68.8 Å². The van der Waals surface area contributed by atoms with Crippen LogP contribution >= 0.6 is 0 Å². The molecule has 0 radical (unpaired) electrons. The summed E-state index contributed by atoms with van der Waals surface area (Å²) < 4.78 is 44.3. The molecule has 188 valence electrons. The molecule has 35 heavy (non-hydrogen) atoms. The maximum Gasteiger partial charge on any atom is 0.332 e. The molecule has 0 atom stereocenters. The van der Waals surface area contributed by atoms with Crippen LogP contribution < -0.4 is 30.8 Å². The molecule has 4 rings (SSSR count). The maximum atomic E-state index is 13.7. The number of aromatic nitrogens is 2. The highest BCUT2D eigenvalue weighted by atomic mass is 19.3. The first kappa shape index (κ1) is 24.7. The smallest absolute Gasteiger partial charge is 0.332 e. The number of rotatable bonds is 9. The highest BCUT2D eigenvalue weighted by Crippen LogP contribution is 2.29. The van der Waals surface area contributed by atoms with Crippen LogP contribution in [0.5, 0.6) is 17.2 Å². The SMILES string of the molecule is CCOc1cc(Cn2c(=O)c3cc(OCC(F)F)ccc3n(C3CCNCC3)c2=O)ccc1OC. The van der Waals surface area contributed by atoms with Crippen LogP contribution in [0.2, 0.25) is 0 Å². The number of hydrogen-bond donors (Lipinski definition) is 1. The highest BCUT2D eigenvalue weighted by Gasteiger charge is 2.23. The summed E-state index contributed by atoms with van der Waals surface area (Å²) in [6.07, 6.45) is -1.18. The van der Waals surface area contributed by atoms with Gasteiger partial charge >= 0.3 is 5.69 Å². The second kappa shape index (κ2) is 10.9. The highest BCUT2D eigenvalue weighted by molar-refractivity contribution is 5.80. The third-order valence-electron chi connectivity index (χ3n) is 6.06. The number of hydrogen-bond acceptors (Lipinski definition) is 6. The number of piperidine rings is 1. The summed E-state index contributed by atoms with van der Waals surface area (Å²) in [5.41, 5.74) is 0.239. The van der Waals surface area contributed by atoms with E-state index in [2.05, 4.69) is 5.32 Å². The molecule has 1 aliphatic heterocycles. The van der Waals surface area contributed by atoms with Crippen LogP contribution in [-0.2, 0) is 6.54 Å². The molecule has 0 aliphatic carbocycles. The Balaban J connectivity index is 1.85. The van der Waals surface area contributed by atoms with Gasteiger partial charge in [-0.15, -0.1) is 0 Å². The van der Waals surface area contributed by atoms with Crippen LogP contribution in [0.4, 0.5) is 8.78 Å². The van der Waals surface area contributed by atoms with E-state index in [4.69, 9.17) is 14.2 Å². The predicted molar refractivity (Wildman–Crippen MR) is 128 cm³/mol. The van der Waals surface area contributed by atoms with Crippen molar-refractivity contribution in [3.8, 4) is 17.2 Å². The summed E-state index contributed by atoms with van der Waals surface area (Å²) in [6.45, 7) is 3.03. The van der Waals surface area contributed by atoms with Crippen LogP contribution in [0.3, 0.4) is 0 Å². The molecular formula is C25H29F2N3O5. The maximum absolute atomic E-state index is 13.7. The minimum atomic E-state index is -2.64. The Labute approximate surface area is 201 Å². The summed E-state index contributed by atoms with van der Waals surface area (Å²) in [4.78, 5) is 27.2. The number of nitrogens with one attached hydrogen (secondary N) is 1. The Morgan fingerprint density at radius 1 is 1.06 bits per heavy atom. The average Bonchev–Trinajstić information content (AvgIpc) is 2.86. The number of ether oxygens (including phenoxy) is 3. The molecule has 0 spiro atoms. The molecule has 1 N–H and O–H groups in total. The van der Waals surface area contributed by atoms with Crippen LogP contribution in [0.25, 0.3) is 10.9 Å². The van der Waals surface area contributed by atoms with E-state index in [1.54, 1.807) is 28.8 Å². The standard InChI is InChI=1S/C25H29F2N3O5/c1-3-34-22-12-16(4-7-21(22)33-2)14-29-24(31)19-13-18(35-15-23(26)27)5-6-20(19)30(25(29)32)17-8-10-28-11-9-17/h4-7,12-13,17,23,28H,3,8-11,14-15H2,1-2H3. The number of fused-ring (bicyclic) bond motifs is 1. The van der Waals surface area contributed by atoms with E-state index < -0.39 is 24.3 Å². The van der Waals surface area contributed by atoms with Gasteiger partial charge in [-0.1, -0.05) is 6.07 Å². The van der Waals surface area contributed by atoms with Crippen LogP contribution in [0.15, 0.2) is 46.0 Å². The van der Waals surface area contributed by atoms with Crippen LogP contribution in [-0.4, -0.2) is 49.0 Å². The number of halogens is 2. The van der Waals surface area contributed by atoms with Gasteiger partial charge in [0.15, 0.2) is 11.5 Å². The topological polar surface area (TPSA) is 83.7 Å². The van der Waals surface area contributed by atoms with Gasteiger partial charge in [0.2, 0.25) is 0 Å². The van der Waals surface area contributed by atoms with Gasteiger partial charge in [0.05, 0.1) is 31.2 Å². The van der Waals surface area contributed by atoms with Crippen molar-refractivity contribution in [3.63, 3.8) is 0 Å². The van der Waals surface area contributed by atoms with Crippen molar-refractivity contribution in [2.24, 2.45) is 0 Å². The number of benzene rings is 2. The Morgan fingerprint density at radius 3 is 2.51 bits per heavy atom. The van der Waals surface area contributed by atoms with Gasteiger partial charge < -0.3 is 19.5 Å². The van der Waals surface area contributed by atoms with E-state index in [1.165, 1.54) is 23.8 Å². The van der Waals surface area contributed by atoms with Gasteiger partial charge in [-0.3, -0.25) is 13.9 Å². The molecule has 0 unspecified atom stereocenters. The van der Waals surface area contributed by atoms with Crippen molar-refractivity contribution in [2.75, 3.05) is 33.4 Å². The normalized spacial score (nSPS) is 14.4. The Bertz CT molecular complexity index is 1300. The van der Waals surface area contributed by atoms with Crippen molar-refractivity contribution in [3.05, 3.63) is 62.8 Å². The monoisotopic (exact) mass is 489 g/mol. The van der Waals surface area contributed by atoms with Crippen molar-refractivity contribution in [1.82, 2.24) is 14.5 Å². The average molecular weight is 490 g/mol. The third-order valence-corrected chi connectivity index (χ3v) is 6.06. The Morgan fingerprint density at radius 2 is 1.83 bits per heavy atom. The lowest BCUT2D eigenvalue weighted by atomic mass is 10.1. The zero-order valence-electron chi connectivity index (χ0n) is 19.8. The van der Waals surface area contributed by atoms with Crippen molar-refractivity contribution in [1.29, 1.82) is 0 Å². The zero-order valence-corrected chi connectivity index (χ0v) is 19.8. The largest absolute Gasteiger partial charge is 0.493 e. The van der Waals surface area contributed by atoms with E-state index in [0.717, 1.165) is 25.9 Å². The van der Waals surface area contributed by atoms with E-state index in [-0.39, 0.29) is 23.7 Å². The molecule has 2 heterocycles. The van der Waals surface area contributed by atoms with E-state index in [1.807, 2.05) is 6.92 Å². The van der Waals surface area contributed by atoms with E-state index in [9.17, 15) is 18.4 Å². The first-order valence-corrected chi connectivity index (χ1v) is 11.6. The number of nitrogens with zero attached hydrogens (tertiary/aromatic N) is 2. The molecule has 10 heteroatoms. The predicted octanol–water partition coefficient (Wildman–Crippen LogP) is 3.19. The third kappa shape index (κ3) is 5.32. The van der Waals surface area contributed by atoms with E-state index in [0.29, 0.717) is 29.2 Å². The molecule has 0 amide bonds. The summed E-state index contributed by atoms with van der Waals surface area (Å²) in [6, 6.07) is 9.71. The molecule has 3 aromatic rings. The minimum absolute atomic E-state index is 0.0186. The molecule has 1 saturated heterocycles. The lowest BCUT2D eigenvalue weighted by molar-refractivity contribution is 0.0819. The van der Waals surface area contributed by atoms with Gasteiger partial charge in [-0.25, -0.2) is 13.6 Å². The van der Waals surface area contributed by atoms with Crippen LogP contribution in [0, 0.1) is 0 Å². The summed E-state index contributed by atoms with van der Waals surface area (Å²) in [5.74, 6) is 1.22. The Hall–Kier alpha value is -3.40. The van der Waals surface area contributed by atoms with Crippen molar-refractivity contribution < 1.29 is 23.0 Å². The molecule has 0 saturated carbocycles. The van der Waals surface area contributed by atoms with Gasteiger partial charge in [0.25, 0.3) is 12.0 Å². The summed E-state index contributed by atoms with van der Waals surface area (Å²) in [5, 5.41) is 3.53. The Kier molecular flexibility index (Phi) is 7.70. The molecule has 1 aromatic heterocycles. The number of alkyl halides is 2. The molecule has 0 bridgehead atoms.